The first-order valence-electron chi connectivity index (χ1n) is 13.6. The van der Waals surface area contributed by atoms with E-state index in [1.807, 2.05) is 55.5 Å². The summed E-state index contributed by atoms with van der Waals surface area (Å²) in [4.78, 5) is 59.2. The highest BCUT2D eigenvalue weighted by Gasteiger charge is 2.35. The summed E-state index contributed by atoms with van der Waals surface area (Å²) in [7, 11) is 1.22. The van der Waals surface area contributed by atoms with Gasteiger partial charge >= 0.3 is 12.1 Å². The fraction of sp³-hybridized carbons (Fsp3) is 0.233. The number of para-hydroxylation sites is 1. The fourth-order valence-electron chi connectivity index (χ4n) is 5.24. The van der Waals surface area contributed by atoms with Crippen LogP contribution in [0.25, 0.3) is 10.2 Å². The SMILES string of the molecule is COC(=O)NCC(=O)N1CCC(NC(=O)c2sc3nccc4c3c2NC(=O)N4c2ccc(Oc3ccccc3)cc2C)C1. The summed E-state index contributed by atoms with van der Waals surface area (Å²) in [5.41, 5.74) is 2.53. The van der Waals surface area contributed by atoms with Gasteiger partial charge in [0.25, 0.3) is 5.91 Å². The number of nitrogens with one attached hydrogen (secondary N) is 3. The van der Waals surface area contributed by atoms with Crippen molar-refractivity contribution in [3.8, 4) is 11.5 Å². The topological polar surface area (TPSA) is 142 Å². The van der Waals surface area contributed by atoms with Gasteiger partial charge in [-0.2, -0.15) is 0 Å². The number of nitrogens with zero attached hydrogens (tertiary/aromatic N) is 3. The molecule has 2 aromatic heterocycles. The zero-order chi connectivity index (χ0) is 30.1. The number of urea groups is 1. The van der Waals surface area contributed by atoms with Gasteiger partial charge in [0.1, 0.15) is 27.8 Å². The Bertz CT molecular complexity index is 1740. The number of hydrogen-bond donors (Lipinski definition) is 3. The van der Waals surface area contributed by atoms with Gasteiger partial charge in [0.2, 0.25) is 5.91 Å². The number of aromatic nitrogens is 1. The molecule has 0 saturated carbocycles. The number of carbonyl (C=O) groups is 4. The van der Waals surface area contributed by atoms with Crippen LogP contribution in [0.1, 0.15) is 21.7 Å². The minimum Gasteiger partial charge on any atom is -0.457 e. The second kappa shape index (κ2) is 11.6. The molecule has 0 bridgehead atoms. The van der Waals surface area contributed by atoms with Crippen molar-refractivity contribution in [3.05, 3.63) is 71.2 Å². The van der Waals surface area contributed by atoms with E-state index in [0.29, 0.717) is 63.2 Å². The lowest BCUT2D eigenvalue weighted by Gasteiger charge is -2.29. The van der Waals surface area contributed by atoms with Crippen LogP contribution in [0, 0.1) is 6.92 Å². The minimum absolute atomic E-state index is 0.187. The van der Waals surface area contributed by atoms with Crippen molar-refractivity contribution in [3.63, 3.8) is 0 Å². The quantitative estimate of drug-likeness (QED) is 0.277. The first kappa shape index (κ1) is 28.0. The maximum absolute atomic E-state index is 13.5. The Hall–Kier alpha value is -5.17. The van der Waals surface area contributed by atoms with Gasteiger partial charge in [-0.05, 0) is 55.3 Å². The van der Waals surface area contributed by atoms with Crippen LogP contribution < -0.4 is 25.6 Å². The second-order valence-corrected chi connectivity index (χ2v) is 11.1. The Labute approximate surface area is 250 Å². The number of alkyl carbamates (subject to hydrolysis) is 1. The van der Waals surface area contributed by atoms with Gasteiger partial charge in [0.15, 0.2) is 0 Å². The van der Waals surface area contributed by atoms with Gasteiger partial charge < -0.3 is 30.3 Å². The Balaban J connectivity index is 1.21. The molecule has 1 atom stereocenters. The van der Waals surface area contributed by atoms with E-state index in [-0.39, 0.29) is 24.4 Å². The summed E-state index contributed by atoms with van der Waals surface area (Å²) in [6.45, 7) is 2.47. The molecule has 5 amide bonds. The van der Waals surface area contributed by atoms with Crippen LogP contribution in [0.2, 0.25) is 0 Å². The number of ether oxygens (including phenoxy) is 2. The number of rotatable bonds is 7. The smallest absolute Gasteiger partial charge is 0.407 e. The van der Waals surface area contributed by atoms with Crippen molar-refractivity contribution in [1.82, 2.24) is 20.5 Å². The van der Waals surface area contributed by atoms with Gasteiger partial charge in [-0.3, -0.25) is 14.5 Å². The number of methoxy groups -OCH3 is 1. The molecule has 4 heterocycles. The molecule has 6 rings (SSSR count). The van der Waals surface area contributed by atoms with Gasteiger partial charge in [-0.25, -0.2) is 14.6 Å². The summed E-state index contributed by atoms with van der Waals surface area (Å²) in [6, 6.07) is 16.0. The zero-order valence-electron chi connectivity index (χ0n) is 23.4. The molecule has 0 radical (unpaired) electrons. The summed E-state index contributed by atoms with van der Waals surface area (Å²) in [6.07, 6.45) is 1.49. The first-order chi connectivity index (χ1) is 20.8. The number of thiophene rings is 1. The van der Waals surface area contributed by atoms with Crippen molar-refractivity contribution in [2.24, 2.45) is 0 Å². The van der Waals surface area contributed by atoms with Crippen molar-refractivity contribution in [1.29, 1.82) is 0 Å². The highest BCUT2D eigenvalue weighted by Crippen LogP contribution is 2.46. The first-order valence-corrected chi connectivity index (χ1v) is 14.4. The van der Waals surface area contributed by atoms with Gasteiger partial charge in [0.05, 0.1) is 29.6 Å². The number of hydrogen-bond acceptors (Lipinski definition) is 8. The molecule has 2 aliphatic rings. The van der Waals surface area contributed by atoms with E-state index < -0.39 is 12.1 Å². The van der Waals surface area contributed by atoms with Crippen LogP contribution >= 0.6 is 11.3 Å². The van der Waals surface area contributed by atoms with E-state index in [0.717, 1.165) is 5.56 Å². The Morgan fingerprint density at radius 1 is 1.09 bits per heavy atom. The van der Waals surface area contributed by atoms with Crippen LogP contribution in [0.5, 0.6) is 11.5 Å². The maximum Gasteiger partial charge on any atom is 0.407 e. The number of aryl methyl sites for hydroxylation is 1. The normalized spacial score (nSPS) is 15.7. The average Bonchev–Trinajstić information content (AvgIpc) is 3.63. The number of benzene rings is 2. The zero-order valence-corrected chi connectivity index (χ0v) is 24.2. The predicted molar refractivity (Wildman–Crippen MR) is 161 cm³/mol. The summed E-state index contributed by atoms with van der Waals surface area (Å²) >= 11 is 1.20. The van der Waals surface area contributed by atoms with Gasteiger partial charge in [-0.1, -0.05) is 18.2 Å². The Morgan fingerprint density at radius 3 is 2.67 bits per heavy atom. The molecule has 1 saturated heterocycles. The standard InChI is InChI=1S/C30H28N6O6S/c1-17-14-20(42-19-6-4-3-5-7-19)8-9-21(17)36-22-10-12-31-28-24(22)25(34-29(36)39)26(43-28)27(38)33-18-11-13-35(16-18)23(37)15-32-30(40)41-2/h3-10,12,14,18H,11,13,15-16H2,1-2H3,(H,32,40)(H,33,38)(H,34,39). The minimum atomic E-state index is -0.686. The van der Waals surface area contributed by atoms with E-state index in [1.54, 1.807) is 22.1 Å². The van der Waals surface area contributed by atoms with Crippen LogP contribution in [-0.2, 0) is 9.53 Å². The third-order valence-corrected chi connectivity index (χ3v) is 8.38. The maximum atomic E-state index is 13.5. The molecular formula is C30H28N6O6S. The molecule has 4 aromatic rings. The van der Waals surface area contributed by atoms with Crippen LogP contribution in [0.15, 0.2) is 60.8 Å². The molecule has 3 N–H and O–H groups in total. The molecule has 0 spiro atoms. The molecule has 220 valence electrons. The van der Waals surface area contributed by atoms with E-state index in [4.69, 9.17) is 4.74 Å². The van der Waals surface area contributed by atoms with E-state index in [2.05, 4.69) is 25.7 Å². The van der Waals surface area contributed by atoms with Crippen LogP contribution in [-0.4, -0.2) is 66.6 Å². The van der Waals surface area contributed by atoms with Gasteiger partial charge in [0, 0.05) is 25.3 Å². The van der Waals surface area contributed by atoms with E-state index in [1.165, 1.54) is 18.4 Å². The fourth-order valence-corrected chi connectivity index (χ4v) is 6.26. The molecule has 1 fully saturated rings. The van der Waals surface area contributed by atoms with E-state index in [9.17, 15) is 19.2 Å². The lowest BCUT2D eigenvalue weighted by atomic mass is 10.1. The van der Waals surface area contributed by atoms with Crippen LogP contribution in [0.4, 0.5) is 26.7 Å². The monoisotopic (exact) mass is 600 g/mol. The molecule has 0 aliphatic carbocycles. The van der Waals surface area contributed by atoms with Gasteiger partial charge in [-0.15, -0.1) is 11.3 Å². The number of likely N-dealkylation sites (tertiary alicyclic amines) is 1. The van der Waals surface area contributed by atoms with Crippen LogP contribution in [0.3, 0.4) is 0 Å². The molecule has 2 aromatic carbocycles. The van der Waals surface area contributed by atoms with Crippen molar-refractivity contribution >= 4 is 62.6 Å². The van der Waals surface area contributed by atoms with Crippen molar-refractivity contribution in [2.75, 3.05) is 37.0 Å². The Kier molecular flexibility index (Phi) is 7.55. The molecule has 12 nitrogen and oxygen atoms in total. The summed E-state index contributed by atoms with van der Waals surface area (Å²) in [5.74, 6) is 0.729. The Morgan fingerprint density at radius 2 is 1.91 bits per heavy atom. The summed E-state index contributed by atoms with van der Waals surface area (Å²) < 4.78 is 10.5. The third kappa shape index (κ3) is 5.54. The number of pyridine rings is 1. The van der Waals surface area contributed by atoms with Crippen molar-refractivity contribution in [2.45, 2.75) is 19.4 Å². The number of carbonyl (C=O) groups excluding carboxylic acids is 4. The highest BCUT2D eigenvalue weighted by atomic mass is 32.1. The molecule has 1 unspecified atom stereocenters. The van der Waals surface area contributed by atoms with Crippen molar-refractivity contribution < 1.29 is 28.7 Å². The summed E-state index contributed by atoms with van der Waals surface area (Å²) in [5, 5.41) is 8.96. The third-order valence-electron chi connectivity index (χ3n) is 7.29. The second-order valence-electron chi connectivity index (χ2n) is 10.1. The molecule has 43 heavy (non-hydrogen) atoms. The predicted octanol–water partition coefficient (Wildman–Crippen LogP) is 4.77. The lowest BCUT2D eigenvalue weighted by molar-refractivity contribution is -0.129. The molecule has 2 aliphatic heterocycles. The highest BCUT2D eigenvalue weighted by molar-refractivity contribution is 7.21. The largest absolute Gasteiger partial charge is 0.457 e. The lowest BCUT2D eigenvalue weighted by Crippen LogP contribution is -2.42. The van der Waals surface area contributed by atoms with E-state index >= 15 is 0 Å². The molecule has 13 heteroatoms. The molecular weight excluding hydrogens is 572 g/mol. The average molecular weight is 601 g/mol. The number of anilines is 3. The number of amides is 5.